The zero-order valence-corrected chi connectivity index (χ0v) is 7.39. The molecule has 0 saturated heterocycles. The quantitative estimate of drug-likeness (QED) is 0.524. The second kappa shape index (κ2) is 3.78. The van der Waals surface area contributed by atoms with Crippen molar-refractivity contribution in [3.8, 4) is 0 Å². The Morgan fingerprint density at radius 1 is 1.77 bits per heavy atom. The van der Waals surface area contributed by atoms with Gasteiger partial charge >= 0.3 is 6.61 Å². The standard InChI is InChI=1S/C6H5F2N3OS/c1-6(12-5(7)8)2-4(9-3-13)10-11-6/h2,5H,1H3. The van der Waals surface area contributed by atoms with Crippen molar-refractivity contribution in [3.63, 3.8) is 0 Å². The molecule has 0 aromatic rings. The predicted molar refractivity (Wildman–Crippen MR) is 43.5 cm³/mol. The topological polar surface area (TPSA) is 46.3 Å². The Morgan fingerprint density at radius 3 is 3.00 bits per heavy atom. The average Bonchev–Trinajstić information content (AvgIpc) is 2.31. The van der Waals surface area contributed by atoms with Crippen molar-refractivity contribution in [1.29, 1.82) is 0 Å². The van der Waals surface area contributed by atoms with Gasteiger partial charge in [-0.2, -0.15) is 13.8 Å². The molecule has 1 aliphatic rings. The molecule has 0 saturated carbocycles. The molecule has 1 aliphatic heterocycles. The summed E-state index contributed by atoms with van der Waals surface area (Å²) in [4.78, 5) is 3.47. The largest absolute Gasteiger partial charge is 0.347 e. The first-order chi connectivity index (χ1) is 6.06. The van der Waals surface area contributed by atoms with Crippen LogP contribution in [0.4, 0.5) is 8.78 Å². The summed E-state index contributed by atoms with van der Waals surface area (Å²) in [6, 6.07) is 0. The maximum absolute atomic E-state index is 11.8. The van der Waals surface area contributed by atoms with Crippen molar-refractivity contribution < 1.29 is 13.5 Å². The number of azo groups is 1. The van der Waals surface area contributed by atoms with Crippen molar-refractivity contribution in [1.82, 2.24) is 0 Å². The molecule has 1 unspecified atom stereocenters. The van der Waals surface area contributed by atoms with E-state index in [1.807, 2.05) is 5.16 Å². The Labute approximate surface area is 78.0 Å². The minimum Gasteiger partial charge on any atom is -0.289 e. The molecule has 0 aliphatic carbocycles. The molecule has 70 valence electrons. The normalized spacial score (nSPS) is 26.0. The second-order valence-electron chi connectivity index (χ2n) is 2.34. The molecule has 13 heavy (non-hydrogen) atoms. The molecular formula is C6H5F2N3OS. The minimum atomic E-state index is -2.91. The molecule has 4 nitrogen and oxygen atoms in total. The van der Waals surface area contributed by atoms with Crippen molar-refractivity contribution in [2.45, 2.75) is 19.3 Å². The summed E-state index contributed by atoms with van der Waals surface area (Å²) in [6.45, 7) is -1.56. The van der Waals surface area contributed by atoms with Crippen LogP contribution in [0.25, 0.3) is 0 Å². The van der Waals surface area contributed by atoms with Gasteiger partial charge in [0.15, 0.2) is 5.82 Å². The SMILES string of the molecule is CC1(OC(F)F)C=C(N=C=S)N=N1. The average molecular weight is 205 g/mol. The van der Waals surface area contributed by atoms with Crippen LogP contribution in [-0.4, -0.2) is 17.5 Å². The van der Waals surface area contributed by atoms with Crippen LogP contribution in [0.1, 0.15) is 6.92 Å². The highest BCUT2D eigenvalue weighted by Crippen LogP contribution is 2.27. The van der Waals surface area contributed by atoms with Crippen molar-refractivity contribution in [3.05, 3.63) is 11.9 Å². The molecule has 1 heterocycles. The molecule has 0 fully saturated rings. The van der Waals surface area contributed by atoms with Crippen LogP contribution in [0.15, 0.2) is 27.1 Å². The van der Waals surface area contributed by atoms with Gasteiger partial charge in [0.05, 0.1) is 5.16 Å². The fourth-order valence-corrected chi connectivity index (χ4v) is 0.881. The van der Waals surface area contributed by atoms with E-state index >= 15 is 0 Å². The first-order valence-electron chi connectivity index (χ1n) is 3.25. The number of hydrogen-bond acceptors (Lipinski definition) is 5. The van der Waals surface area contributed by atoms with E-state index in [1.54, 1.807) is 0 Å². The van der Waals surface area contributed by atoms with Crippen LogP contribution in [0.5, 0.6) is 0 Å². The summed E-state index contributed by atoms with van der Waals surface area (Å²) in [7, 11) is 0. The third-order valence-corrected chi connectivity index (χ3v) is 1.33. The van der Waals surface area contributed by atoms with Gasteiger partial charge < -0.3 is 0 Å². The number of alkyl halides is 2. The molecular weight excluding hydrogens is 200 g/mol. The third kappa shape index (κ3) is 2.73. The molecule has 0 spiro atoms. The number of isothiocyanates is 1. The second-order valence-corrected chi connectivity index (χ2v) is 2.52. The van der Waals surface area contributed by atoms with Gasteiger partial charge in [0.2, 0.25) is 5.72 Å². The van der Waals surface area contributed by atoms with Crippen LogP contribution in [-0.2, 0) is 4.74 Å². The van der Waals surface area contributed by atoms with Crippen LogP contribution < -0.4 is 0 Å². The van der Waals surface area contributed by atoms with E-state index in [0.29, 0.717) is 0 Å². The summed E-state index contributed by atoms with van der Waals surface area (Å²) in [5, 5.41) is 8.97. The van der Waals surface area contributed by atoms with Crippen molar-refractivity contribution in [2.24, 2.45) is 15.2 Å². The van der Waals surface area contributed by atoms with Crippen LogP contribution in [0, 0.1) is 0 Å². The zero-order valence-electron chi connectivity index (χ0n) is 6.57. The minimum absolute atomic E-state index is 0.123. The van der Waals surface area contributed by atoms with Gasteiger partial charge in [-0.1, -0.05) is 0 Å². The summed E-state index contributed by atoms with van der Waals surface area (Å²) in [6.07, 6.45) is 1.23. The monoisotopic (exact) mass is 205 g/mol. The van der Waals surface area contributed by atoms with E-state index in [2.05, 4.69) is 32.2 Å². The van der Waals surface area contributed by atoms with E-state index < -0.39 is 12.3 Å². The fraction of sp³-hybridized carbons (Fsp3) is 0.500. The Morgan fingerprint density at radius 2 is 2.46 bits per heavy atom. The molecule has 1 atom stereocenters. The highest BCUT2D eigenvalue weighted by atomic mass is 32.1. The van der Waals surface area contributed by atoms with E-state index in [1.165, 1.54) is 13.0 Å². The van der Waals surface area contributed by atoms with Gasteiger partial charge in [-0.25, -0.2) is 0 Å². The molecule has 7 heteroatoms. The Bertz CT molecular complexity index is 311. The van der Waals surface area contributed by atoms with E-state index in [9.17, 15) is 8.78 Å². The van der Waals surface area contributed by atoms with Gasteiger partial charge in [-0.15, -0.1) is 10.2 Å². The lowest BCUT2D eigenvalue weighted by Crippen LogP contribution is -2.24. The number of hydrogen-bond donors (Lipinski definition) is 0. The van der Waals surface area contributed by atoms with Gasteiger partial charge in [-0.3, -0.25) is 4.74 Å². The maximum Gasteiger partial charge on any atom is 0.347 e. The van der Waals surface area contributed by atoms with Crippen molar-refractivity contribution >= 4 is 17.4 Å². The number of thiocarbonyl (C=S) groups is 1. The molecule has 0 bridgehead atoms. The number of halogens is 2. The fourth-order valence-electron chi connectivity index (χ4n) is 0.787. The summed E-state index contributed by atoms with van der Waals surface area (Å²) in [5.41, 5.74) is -1.45. The van der Waals surface area contributed by atoms with E-state index in [-0.39, 0.29) is 5.82 Å². The lowest BCUT2D eigenvalue weighted by molar-refractivity contribution is -0.183. The van der Waals surface area contributed by atoms with Crippen LogP contribution in [0.3, 0.4) is 0 Å². The molecule has 0 amide bonds. The zero-order chi connectivity index (χ0) is 9.90. The highest BCUT2D eigenvalue weighted by Gasteiger charge is 2.31. The van der Waals surface area contributed by atoms with E-state index in [0.717, 1.165) is 0 Å². The molecule has 1 rings (SSSR count). The third-order valence-electron chi connectivity index (χ3n) is 1.24. The lowest BCUT2D eigenvalue weighted by atomic mass is 10.3. The van der Waals surface area contributed by atoms with Crippen LogP contribution in [0.2, 0.25) is 0 Å². The Kier molecular flexibility index (Phi) is 2.92. The predicted octanol–water partition coefficient (Wildman–Crippen LogP) is 2.35. The van der Waals surface area contributed by atoms with Crippen LogP contribution >= 0.6 is 12.2 Å². The highest BCUT2D eigenvalue weighted by molar-refractivity contribution is 7.78. The molecule has 0 aromatic carbocycles. The molecule has 0 aromatic heterocycles. The summed E-state index contributed by atoms with van der Waals surface area (Å²) in [5.74, 6) is 0.123. The number of rotatable bonds is 3. The number of ether oxygens (including phenoxy) is 1. The van der Waals surface area contributed by atoms with Gasteiger partial charge in [0.25, 0.3) is 0 Å². The first-order valence-corrected chi connectivity index (χ1v) is 3.66. The van der Waals surface area contributed by atoms with E-state index in [4.69, 9.17) is 0 Å². The maximum atomic E-state index is 11.8. The van der Waals surface area contributed by atoms with Gasteiger partial charge in [0, 0.05) is 6.08 Å². The van der Waals surface area contributed by atoms with Gasteiger partial charge in [-0.05, 0) is 19.1 Å². The van der Waals surface area contributed by atoms with Crippen molar-refractivity contribution in [2.75, 3.05) is 0 Å². The lowest BCUT2D eigenvalue weighted by Gasteiger charge is -2.15. The summed E-state index contributed by atoms with van der Waals surface area (Å²) >= 11 is 4.30. The Hall–Kier alpha value is -1.04. The molecule has 0 radical (unpaired) electrons. The Balaban J connectivity index is 2.76. The van der Waals surface area contributed by atoms with Gasteiger partial charge in [0.1, 0.15) is 0 Å². The number of nitrogens with zero attached hydrogens (tertiary/aromatic N) is 3. The molecule has 0 N–H and O–H groups in total. The first kappa shape index (κ1) is 10.0. The summed E-state index contributed by atoms with van der Waals surface area (Å²) < 4.78 is 27.8. The number of aliphatic imine (C=N–C) groups is 1. The smallest absolute Gasteiger partial charge is 0.289 e.